The van der Waals surface area contributed by atoms with E-state index in [2.05, 4.69) is 0 Å². The quantitative estimate of drug-likeness (QED) is 0.565. The Kier molecular flexibility index (Phi) is 6.48. The predicted molar refractivity (Wildman–Crippen MR) is 109 cm³/mol. The zero-order valence-corrected chi connectivity index (χ0v) is 16.3. The van der Waals surface area contributed by atoms with Gasteiger partial charge in [0, 0.05) is 30.6 Å². The van der Waals surface area contributed by atoms with Crippen molar-refractivity contribution in [2.75, 3.05) is 27.3 Å². The maximum atomic E-state index is 12.6. The minimum Gasteiger partial charge on any atom is -0.493 e. The van der Waals surface area contributed by atoms with Crippen LogP contribution in [0.4, 0.5) is 0 Å². The second-order valence-corrected chi connectivity index (χ2v) is 6.78. The normalized spacial score (nSPS) is 14.9. The first-order valence-corrected chi connectivity index (χ1v) is 9.40. The van der Waals surface area contributed by atoms with Gasteiger partial charge in [0.25, 0.3) is 0 Å². The molecular formula is C23H25NO4. The molecule has 5 heteroatoms. The lowest BCUT2D eigenvalue weighted by Gasteiger charge is -2.30. The number of ether oxygens (including phenoxy) is 2. The fourth-order valence-corrected chi connectivity index (χ4v) is 3.43. The minimum atomic E-state index is -0.0413. The van der Waals surface area contributed by atoms with Crippen LogP contribution in [0, 0.1) is 5.92 Å². The topological polar surface area (TPSA) is 55.8 Å². The highest BCUT2D eigenvalue weighted by Crippen LogP contribution is 2.28. The van der Waals surface area contributed by atoms with Crippen molar-refractivity contribution in [3.05, 3.63) is 65.7 Å². The smallest absolute Gasteiger partial charge is 0.246 e. The van der Waals surface area contributed by atoms with E-state index >= 15 is 0 Å². The van der Waals surface area contributed by atoms with Gasteiger partial charge in [-0.05, 0) is 36.6 Å². The second-order valence-electron chi connectivity index (χ2n) is 6.78. The molecule has 1 amide bonds. The van der Waals surface area contributed by atoms with Gasteiger partial charge in [-0.25, -0.2) is 0 Å². The number of carbonyl (C=O) groups is 2. The van der Waals surface area contributed by atoms with Gasteiger partial charge < -0.3 is 14.4 Å². The summed E-state index contributed by atoms with van der Waals surface area (Å²) in [6.45, 7) is 1.19. The minimum absolute atomic E-state index is 0.0127. The van der Waals surface area contributed by atoms with Gasteiger partial charge in [-0.1, -0.05) is 36.4 Å². The van der Waals surface area contributed by atoms with Crippen molar-refractivity contribution >= 4 is 17.8 Å². The number of nitrogens with zero attached hydrogens (tertiary/aromatic N) is 1. The van der Waals surface area contributed by atoms with Crippen LogP contribution in [0.5, 0.6) is 11.5 Å². The van der Waals surface area contributed by atoms with Gasteiger partial charge in [0.05, 0.1) is 14.2 Å². The van der Waals surface area contributed by atoms with E-state index in [-0.39, 0.29) is 17.6 Å². The number of hydrogen-bond acceptors (Lipinski definition) is 4. The van der Waals surface area contributed by atoms with Gasteiger partial charge in [-0.3, -0.25) is 9.59 Å². The van der Waals surface area contributed by atoms with Gasteiger partial charge in [0.1, 0.15) is 0 Å². The lowest BCUT2D eigenvalue weighted by Crippen LogP contribution is -2.39. The van der Waals surface area contributed by atoms with Crippen molar-refractivity contribution in [1.82, 2.24) is 4.90 Å². The third-order valence-electron chi connectivity index (χ3n) is 5.06. The lowest BCUT2D eigenvalue weighted by molar-refractivity contribution is -0.127. The van der Waals surface area contributed by atoms with Crippen LogP contribution in [0.1, 0.15) is 28.8 Å². The third-order valence-corrected chi connectivity index (χ3v) is 5.06. The molecule has 3 rings (SSSR count). The molecular weight excluding hydrogens is 354 g/mol. The van der Waals surface area contributed by atoms with Crippen molar-refractivity contribution in [1.29, 1.82) is 0 Å². The molecule has 1 aliphatic rings. The average Bonchev–Trinajstić information content (AvgIpc) is 2.77. The zero-order chi connectivity index (χ0) is 19.9. The highest BCUT2D eigenvalue weighted by molar-refractivity contribution is 5.98. The Hall–Kier alpha value is -3.08. The molecule has 0 spiro atoms. The van der Waals surface area contributed by atoms with E-state index in [0.717, 1.165) is 11.1 Å². The zero-order valence-electron chi connectivity index (χ0n) is 16.3. The number of rotatable bonds is 6. The number of carbonyl (C=O) groups excluding carboxylic acids is 2. The Balaban J connectivity index is 1.57. The van der Waals surface area contributed by atoms with E-state index in [9.17, 15) is 9.59 Å². The van der Waals surface area contributed by atoms with Crippen LogP contribution < -0.4 is 9.47 Å². The van der Waals surface area contributed by atoms with Gasteiger partial charge >= 0.3 is 0 Å². The summed E-state index contributed by atoms with van der Waals surface area (Å²) in [6.07, 6.45) is 4.74. The fourth-order valence-electron chi connectivity index (χ4n) is 3.43. The fraction of sp³-hybridized carbons (Fsp3) is 0.304. The number of Topliss-reactive ketones (excluding diaryl/α,β-unsaturated/α-hetero) is 1. The van der Waals surface area contributed by atoms with Crippen molar-refractivity contribution < 1.29 is 19.1 Å². The number of piperidine rings is 1. The molecule has 1 aliphatic heterocycles. The first-order chi connectivity index (χ1) is 13.6. The molecule has 2 aromatic carbocycles. The van der Waals surface area contributed by atoms with E-state index in [1.165, 1.54) is 0 Å². The molecule has 0 radical (unpaired) electrons. The van der Waals surface area contributed by atoms with Crippen LogP contribution in [0.25, 0.3) is 6.08 Å². The van der Waals surface area contributed by atoms with Crippen LogP contribution in [0.15, 0.2) is 54.6 Å². The Bertz CT molecular complexity index is 852. The molecule has 0 N–H and O–H groups in total. The molecule has 2 aromatic rings. The average molecular weight is 379 g/mol. The summed E-state index contributed by atoms with van der Waals surface area (Å²) in [5.41, 5.74) is 1.61. The molecule has 1 saturated heterocycles. The van der Waals surface area contributed by atoms with Gasteiger partial charge in [-0.2, -0.15) is 0 Å². The van der Waals surface area contributed by atoms with Gasteiger partial charge in [0.15, 0.2) is 17.3 Å². The Labute approximate surface area is 165 Å². The van der Waals surface area contributed by atoms with E-state index in [0.29, 0.717) is 37.4 Å². The number of likely N-dealkylation sites (tertiary alicyclic amines) is 1. The van der Waals surface area contributed by atoms with E-state index < -0.39 is 0 Å². The van der Waals surface area contributed by atoms with E-state index in [1.807, 2.05) is 48.5 Å². The lowest BCUT2D eigenvalue weighted by atomic mass is 9.89. The highest BCUT2D eigenvalue weighted by Gasteiger charge is 2.27. The molecule has 0 saturated carbocycles. The summed E-state index contributed by atoms with van der Waals surface area (Å²) in [6, 6.07) is 14.9. The number of methoxy groups -OCH3 is 2. The highest BCUT2D eigenvalue weighted by atomic mass is 16.5. The molecule has 28 heavy (non-hydrogen) atoms. The molecule has 0 unspecified atom stereocenters. The number of hydrogen-bond donors (Lipinski definition) is 0. The first kappa shape index (κ1) is 19.7. The third kappa shape index (κ3) is 4.60. The Morgan fingerprint density at radius 3 is 2.29 bits per heavy atom. The largest absolute Gasteiger partial charge is 0.493 e. The first-order valence-electron chi connectivity index (χ1n) is 9.40. The van der Waals surface area contributed by atoms with Gasteiger partial charge in [0.2, 0.25) is 5.91 Å². The van der Waals surface area contributed by atoms with Crippen molar-refractivity contribution in [2.45, 2.75) is 12.8 Å². The van der Waals surface area contributed by atoms with Crippen molar-refractivity contribution in [3.63, 3.8) is 0 Å². The van der Waals surface area contributed by atoms with Crippen LogP contribution in [0.3, 0.4) is 0 Å². The summed E-state index contributed by atoms with van der Waals surface area (Å²) in [4.78, 5) is 26.9. The molecule has 1 heterocycles. The Morgan fingerprint density at radius 1 is 0.964 bits per heavy atom. The summed E-state index contributed by atoms with van der Waals surface area (Å²) < 4.78 is 10.5. The molecule has 146 valence electrons. The van der Waals surface area contributed by atoms with E-state index in [1.54, 1.807) is 31.3 Å². The summed E-state index contributed by atoms with van der Waals surface area (Å²) >= 11 is 0. The monoisotopic (exact) mass is 379 g/mol. The van der Waals surface area contributed by atoms with Crippen LogP contribution in [-0.2, 0) is 4.79 Å². The summed E-state index contributed by atoms with van der Waals surface area (Å²) in [5, 5.41) is 0. The van der Waals surface area contributed by atoms with Crippen molar-refractivity contribution in [3.8, 4) is 11.5 Å². The molecule has 5 nitrogen and oxygen atoms in total. The molecule has 0 aliphatic carbocycles. The van der Waals surface area contributed by atoms with Crippen LogP contribution >= 0.6 is 0 Å². The maximum absolute atomic E-state index is 12.6. The number of ketones is 1. The Morgan fingerprint density at radius 2 is 1.64 bits per heavy atom. The van der Waals surface area contributed by atoms with Crippen LogP contribution in [0.2, 0.25) is 0 Å². The second kappa shape index (κ2) is 9.22. The summed E-state index contributed by atoms with van der Waals surface area (Å²) in [5.74, 6) is 1.39. The van der Waals surface area contributed by atoms with Crippen LogP contribution in [-0.4, -0.2) is 43.9 Å². The molecule has 0 atom stereocenters. The SMILES string of the molecule is COc1ccc(C=CC(=O)N2CCC(C(=O)c3ccccc3)CC2)cc1OC. The molecule has 1 fully saturated rings. The molecule has 0 aromatic heterocycles. The predicted octanol–water partition coefficient (Wildman–Crippen LogP) is 3.84. The number of amides is 1. The molecule has 0 bridgehead atoms. The summed E-state index contributed by atoms with van der Waals surface area (Å²) in [7, 11) is 3.17. The van der Waals surface area contributed by atoms with Gasteiger partial charge in [-0.15, -0.1) is 0 Å². The van der Waals surface area contributed by atoms with Crippen molar-refractivity contribution in [2.24, 2.45) is 5.92 Å². The maximum Gasteiger partial charge on any atom is 0.246 e. The van der Waals surface area contributed by atoms with E-state index in [4.69, 9.17) is 9.47 Å². The number of benzene rings is 2. The standard InChI is InChI=1S/C23H25NO4/c1-27-20-10-8-17(16-21(20)28-2)9-11-22(25)24-14-12-19(13-15-24)23(26)18-6-4-3-5-7-18/h3-11,16,19H,12-15H2,1-2H3.